The summed E-state index contributed by atoms with van der Waals surface area (Å²) in [5.41, 5.74) is 2.81. The smallest absolute Gasteiger partial charge is 0.268 e. The van der Waals surface area contributed by atoms with Gasteiger partial charge in [0.25, 0.3) is 5.56 Å². The van der Waals surface area contributed by atoms with Gasteiger partial charge in [-0.1, -0.05) is 30.3 Å². The first-order valence-corrected chi connectivity index (χ1v) is 13.4. The van der Waals surface area contributed by atoms with E-state index in [2.05, 4.69) is 27.5 Å². The maximum atomic E-state index is 14.4. The molecule has 7 nitrogen and oxygen atoms in total. The highest BCUT2D eigenvalue weighted by Gasteiger charge is 2.21. The lowest BCUT2D eigenvalue weighted by Gasteiger charge is -2.14. The lowest BCUT2D eigenvalue weighted by molar-refractivity contribution is -0.121. The van der Waals surface area contributed by atoms with Crippen LogP contribution in [0.4, 0.5) is 8.78 Å². The molecule has 0 unspecified atom stereocenters. The zero-order valence-electron chi connectivity index (χ0n) is 21.7. The predicted molar refractivity (Wildman–Crippen MR) is 147 cm³/mol. The maximum absolute atomic E-state index is 14.4. The average molecular weight is 548 g/mol. The van der Waals surface area contributed by atoms with Gasteiger partial charge in [0.05, 0.1) is 17.7 Å². The van der Waals surface area contributed by atoms with Gasteiger partial charge in [0.15, 0.2) is 4.96 Å². The molecule has 10 heteroatoms. The minimum Gasteiger partial charge on any atom is -0.353 e. The molecule has 3 aromatic heterocycles. The van der Waals surface area contributed by atoms with Gasteiger partial charge >= 0.3 is 0 Å². The Labute approximate surface area is 227 Å². The molecule has 1 atom stereocenters. The Bertz CT molecular complexity index is 1730. The minimum atomic E-state index is -0.639. The number of thiazole rings is 1. The van der Waals surface area contributed by atoms with Gasteiger partial charge in [-0.15, -0.1) is 11.3 Å². The van der Waals surface area contributed by atoms with Crippen LogP contribution in [0.15, 0.2) is 64.8 Å². The number of benzene rings is 2. The number of nitrogens with zero attached hydrogens (tertiary/aromatic N) is 4. The second-order valence-corrected chi connectivity index (χ2v) is 10.4. The van der Waals surface area contributed by atoms with E-state index in [-0.39, 0.29) is 40.9 Å². The standard InChI is InChI=1S/C29H27F2N5O2S/c1-17(9-10-20-7-5-4-6-8-20)32-26(37)15-22-16-39-29-33-19(3)27(28(38)35(22)29)24-13-18(2)36(34-24)25-14-21(30)11-12-23(25)31/h4-8,11-14,16-17H,9-10,15H2,1-3H3,(H,32,37)/t17-/m0/s1. The Balaban J connectivity index is 1.40. The predicted octanol–water partition coefficient (Wildman–Crippen LogP) is 5.18. The van der Waals surface area contributed by atoms with Gasteiger partial charge in [-0.05, 0) is 57.4 Å². The summed E-state index contributed by atoms with van der Waals surface area (Å²) in [7, 11) is 0. The minimum absolute atomic E-state index is 0.0156. The Morgan fingerprint density at radius 3 is 2.64 bits per heavy atom. The van der Waals surface area contributed by atoms with Crippen molar-refractivity contribution in [2.75, 3.05) is 0 Å². The van der Waals surface area contributed by atoms with Gasteiger partial charge in [-0.25, -0.2) is 18.4 Å². The summed E-state index contributed by atoms with van der Waals surface area (Å²) in [6.07, 6.45) is 1.65. The molecule has 5 aromatic rings. The molecular formula is C29H27F2N5O2S. The number of hydrogen-bond donors (Lipinski definition) is 1. The lowest BCUT2D eigenvalue weighted by Crippen LogP contribution is -2.34. The van der Waals surface area contributed by atoms with Crippen LogP contribution in [0.1, 0.15) is 36.0 Å². The largest absolute Gasteiger partial charge is 0.353 e. The number of halogens is 2. The molecule has 39 heavy (non-hydrogen) atoms. The third-order valence-corrected chi connectivity index (χ3v) is 7.43. The number of nitrogens with one attached hydrogen (secondary N) is 1. The van der Waals surface area contributed by atoms with E-state index < -0.39 is 11.6 Å². The molecule has 0 bridgehead atoms. The summed E-state index contributed by atoms with van der Waals surface area (Å²) in [6.45, 7) is 5.36. The third-order valence-electron chi connectivity index (χ3n) is 6.56. The molecule has 0 fully saturated rings. The van der Waals surface area contributed by atoms with Gasteiger partial charge in [0.2, 0.25) is 5.91 Å². The summed E-state index contributed by atoms with van der Waals surface area (Å²) < 4.78 is 30.9. The van der Waals surface area contributed by atoms with E-state index in [4.69, 9.17) is 0 Å². The molecule has 1 amide bonds. The van der Waals surface area contributed by atoms with Crippen molar-refractivity contribution < 1.29 is 13.6 Å². The van der Waals surface area contributed by atoms with Crippen LogP contribution in [0.3, 0.4) is 0 Å². The maximum Gasteiger partial charge on any atom is 0.268 e. The normalized spacial score (nSPS) is 12.1. The van der Waals surface area contributed by atoms with Crippen LogP contribution < -0.4 is 10.9 Å². The first-order valence-electron chi connectivity index (χ1n) is 12.6. The van der Waals surface area contributed by atoms with E-state index >= 15 is 0 Å². The summed E-state index contributed by atoms with van der Waals surface area (Å²) in [6, 6.07) is 14.8. The molecule has 3 heterocycles. The van der Waals surface area contributed by atoms with Gasteiger partial charge in [0, 0.05) is 28.9 Å². The van der Waals surface area contributed by atoms with Gasteiger partial charge in [-0.2, -0.15) is 5.10 Å². The monoisotopic (exact) mass is 547 g/mol. The van der Waals surface area contributed by atoms with E-state index in [0.29, 0.717) is 22.0 Å². The van der Waals surface area contributed by atoms with E-state index in [0.717, 1.165) is 31.0 Å². The van der Waals surface area contributed by atoms with E-state index in [1.807, 2.05) is 25.1 Å². The molecule has 0 aliphatic heterocycles. The molecule has 0 aliphatic carbocycles. The molecule has 1 N–H and O–H groups in total. The second-order valence-electron chi connectivity index (χ2n) is 9.57. The number of amides is 1. The number of carbonyl (C=O) groups is 1. The van der Waals surface area contributed by atoms with Crippen LogP contribution in [-0.4, -0.2) is 31.1 Å². The summed E-state index contributed by atoms with van der Waals surface area (Å²) in [5, 5.41) is 9.20. The zero-order chi connectivity index (χ0) is 27.7. The SMILES string of the molecule is Cc1nc2scc(CC(=O)N[C@@H](C)CCc3ccccc3)n2c(=O)c1-c1cc(C)n(-c2cc(F)ccc2F)n1. The topological polar surface area (TPSA) is 81.3 Å². The highest BCUT2D eigenvalue weighted by atomic mass is 32.1. The number of hydrogen-bond acceptors (Lipinski definition) is 5. The fourth-order valence-corrected chi connectivity index (χ4v) is 5.53. The number of aryl methyl sites for hydroxylation is 3. The van der Waals surface area contributed by atoms with Crippen molar-refractivity contribution in [1.29, 1.82) is 0 Å². The number of aromatic nitrogens is 4. The number of carbonyl (C=O) groups excluding carboxylic acids is 1. The first-order chi connectivity index (χ1) is 18.7. The van der Waals surface area contributed by atoms with E-state index in [1.165, 1.54) is 26.0 Å². The average Bonchev–Trinajstić information content (AvgIpc) is 3.47. The van der Waals surface area contributed by atoms with Gasteiger partial charge in [0.1, 0.15) is 23.0 Å². The first kappa shape index (κ1) is 26.4. The van der Waals surface area contributed by atoms with Crippen molar-refractivity contribution in [3.8, 4) is 16.9 Å². The Morgan fingerprint density at radius 1 is 1.10 bits per heavy atom. The third kappa shape index (κ3) is 5.51. The van der Waals surface area contributed by atoms with Crippen LogP contribution >= 0.6 is 11.3 Å². The molecule has 200 valence electrons. The van der Waals surface area contributed by atoms with Crippen LogP contribution in [0.2, 0.25) is 0 Å². The lowest BCUT2D eigenvalue weighted by atomic mass is 10.1. The van der Waals surface area contributed by atoms with Crippen molar-refractivity contribution in [3.05, 3.63) is 105 Å². The highest BCUT2D eigenvalue weighted by molar-refractivity contribution is 7.15. The second kappa shape index (κ2) is 10.9. The zero-order valence-corrected chi connectivity index (χ0v) is 22.6. The van der Waals surface area contributed by atoms with E-state index in [1.54, 1.807) is 25.3 Å². The molecular weight excluding hydrogens is 520 g/mol. The molecule has 0 spiro atoms. The highest BCUT2D eigenvalue weighted by Crippen LogP contribution is 2.25. The van der Waals surface area contributed by atoms with Crippen molar-refractivity contribution >= 4 is 22.2 Å². The quantitative estimate of drug-likeness (QED) is 0.290. The fraction of sp³-hybridized carbons (Fsp3) is 0.241. The fourth-order valence-electron chi connectivity index (χ4n) is 4.60. The van der Waals surface area contributed by atoms with Crippen LogP contribution in [0.5, 0.6) is 0 Å². The molecule has 0 aliphatic rings. The summed E-state index contributed by atoms with van der Waals surface area (Å²) in [5.74, 6) is -1.43. The van der Waals surface area contributed by atoms with Crippen molar-refractivity contribution in [2.45, 2.75) is 46.1 Å². The Morgan fingerprint density at radius 2 is 1.87 bits per heavy atom. The Kier molecular flexibility index (Phi) is 7.38. The Hall–Kier alpha value is -4.18. The van der Waals surface area contributed by atoms with Crippen LogP contribution in [-0.2, 0) is 17.6 Å². The molecule has 5 rings (SSSR count). The van der Waals surface area contributed by atoms with Crippen LogP contribution in [0.25, 0.3) is 21.9 Å². The summed E-state index contributed by atoms with van der Waals surface area (Å²) >= 11 is 1.28. The summed E-state index contributed by atoms with van der Waals surface area (Å²) in [4.78, 5) is 31.6. The van der Waals surface area contributed by atoms with Crippen molar-refractivity contribution in [1.82, 2.24) is 24.5 Å². The van der Waals surface area contributed by atoms with Crippen molar-refractivity contribution in [2.24, 2.45) is 0 Å². The molecule has 0 radical (unpaired) electrons. The molecule has 2 aromatic carbocycles. The molecule has 0 saturated carbocycles. The van der Waals surface area contributed by atoms with Crippen molar-refractivity contribution in [3.63, 3.8) is 0 Å². The molecule has 0 saturated heterocycles. The van der Waals surface area contributed by atoms with Crippen LogP contribution in [0, 0.1) is 25.5 Å². The van der Waals surface area contributed by atoms with E-state index in [9.17, 15) is 18.4 Å². The number of rotatable bonds is 8. The van der Waals surface area contributed by atoms with Gasteiger partial charge in [-0.3, -0.25) is 14.0 Å². The number of fused-ring (bicyclic) bond motifs is 1. The van der Waals surface area contributed by atoms with Gasteiger partial charge < -0.3 is 5.32 Å².